The van der Waals surface area contributed by atoms with E-state index in [1.807, 2.05) is 60.7 Å². The molecule has 0 aliphatic carbocycles. The first-order valence-corrected chi connectivity index (χ1v) is 12.3. The fourth-order valence-corrected chi connectivity index (χ4v) is 4.22. The first kappa shape index (κ1) is 25.5. The fraction of sp³-hybridized carbons (Fsp3) is 0.129. The summed E-state index contributed by atoms with van der Waals surface area (Å²) >= 11 is 0. The van der Waals surface area contributed by atoms with Gasteiger partial charge in [0.05, 0.1) is 12.5 Å². The predicted octanol–water partition coefficient (Wildman–Crippen LogP) is 5.40. The molecule has 0 radical (unpaired) electrons. The Morgan fingerprint density at radius 1 is 0.795 bits per heavy atom. The molecule has 1 heterocycles. The van der Waals surface area contributed by atoms with E-state index in [1.165, 1.54) is 13.2 Å². The number of benzene rings is 4. The van der Waals surface area contributed by atoms with Crippen LogP contribution in [0.5, 0.6) is 11.5 Å². The molecule has 0 saturated heterocycles. The Bertz CT molecular complexity index is 1680. The lowest BCUT2D eigenvalue weighted by atomic mass is 10.1. The molecule has 4 aromatic carbocycles. The van der Waals surface area contributed by atoms with E-state index in [0.717, 1.165) is 11.1 Å². The minimum atomic E-state index is -1.03. The van der Waals surface area contributed by atoms with Crippen molar-refractivity contribution in [2.75, 3.05) is 7.11 Å². The number of fused-ring (bicyclic) bond motifs is 3. The third-order valence-corrected chi connectivity index (χ3v) is 6.18. The highest BCUT2D eigenvalue weighted by atomic mass is 16.6. The number of hydrogen-bond acceptors (Lipinski definition) is 7. The summed E-state index contributed by atoms with van der Waals surface area (Å²) in [5.74, 6) is 0.0164. The summed E-state index contributed by atoms with van der Waals surface area (Å²) in [5.41, 5.74) is 1.37. The highest BCUT2D eigenvalue weighted by molar-refractivity contribution is 6.05. The van der Waals surface area contributed by atoms with Crippen LogP contribution in [0.3, 0.4) is 0 Å². The standard InChI is InChI=1S/C31H25NO7/c1-36-22-12-14-24-25-15-13-23(18-28(25)39-29(33)26(24)17-22)38-30(34)27(16-20-8-4-2-5-9-20)32-31(35)37-19-21-10-6-3-7-11-21/h2-15,17-18,27H,16,19H2,1H3,(H,32,35). The van der Waals surface area contributed by atoms with Gasteiger partial charge in [-0.05, 0) is 41.5 Å². The second-order valence-corrected chi connectivity index (χ2v) is 8.83. The van der Waals surface area contributed by atoms with E-state index in [2.05, 4.69) is 5.32 Å². The van der Waals surface area contributed by atoms with Gasteiger partial charge in [0.15, 0.2) is 0 Å². The minimum Gasteiger partial charge on any atom is -0.497 e. The third-order valence-electron chi connectivity index (χ3n) is 6.18. The minimum absolute atomic E-state index is 0.0588. The number of rotatable bonds is 8. The Labute approximate surface area is 223 Å². The van der Waals surface area contributed by atoms with Crippen molar-refractivity contribution < 1.29 is 28.2 Å². The van der Waals surface area contributed by atoms with Gasteiger partial charge >= 0.3 is 17.7 Å². The van der Waals surface area contributed by atoms with Crippen LogP contribution < -0.4 is 20.4 Å². The van der Waals surface area contributed by atoms with E-state index in [9.17, 15) is 14.4 Å². The predicted molar refractivity (Wildman–Crippen MR) is 146 cm³/mol. The number of alkyl carbamates (subject to hydrolysis) is 1. The molecule has 196 valence electrons. The molecule has 39 heavy (non-hydrogen) atoms. The van der Waals surface area contributed by atoms with Crippen LogP contribution in [0.4, 0.5) is 4.79 Å². The van der Waals surface area contributed by atoms with E-state index in [1.54, 1.807) is 30.3 Å². The van der Waals surface area contributed by atoms with Crippen LogP contribution in [0.1, 0.15) is 11.1 Å². The van der Waals surface area contributed by atoms with Crippen molar-refractivity contribution in [3.05, 3.63) is 119 Å². The molecule has 1 atom stereocenters. The second-order valence-electron chi connectivity index (χ2n) is 8.83. The van der Waals surface area contributed by atoms with Gasteiger partial charge in [-0.1, -0.05) is 60.7 Å². The van der Waals surface area contributed by atoms with Crippen LogP contribution in [-0.4, -0.2) is 25.2 Å². The SMILES string of the molecule is COc1ccc2c(c1)c(=O)oc1cc(OC(=O)C(Cc3ccccc3)NC(=O)OCc3ccccc3)ccc12. The van der Waals surface area contributed by atoms with E-state index >= 15 is 0 Å². The Morgan fingerprint density at radius 3 is 2.18 bits per heavy atom. The fourth-order valence-electron chi connectivity index (χ4n) is 4.22. The zero-order valence-electron chi connectivity index (χ0n) is 21.1. The van der Waals surface area contributed by atoms with Crippen LogP contribution in [0.15, 0.2) is 106 Å². The molecule has 5 rings (SSSR count). The maximum Gasteiger partial charge on any atom is 0.408 e. The van der Waals surface area contributed by atoms with Crippen molar-refractivity contribution in [2.24, 2.45) is 0 Å². The second kappa shape index (κ2) is 11.5. The Hall–Kier alpha value is -5.11. The summed E-state index contributed by atoms with van der Waals surface area (Å²) in [4.78, 5) is 38.4. The average molecular weight is 524 g/mol. The highest BCUT2D eigenvalue weighted by Crippen LogP contribution is 2.28. The van der Waals surface area contributed by atoms with Crippen molar-refractivity contribution in [1.82, 2.24) is 5.32 Å². The Kier molecular flexibility index (Phi) is 7.54. The molecular formula is C31H25NO7. The van der Waals surface area contributed by atoms with Crippen LogP contribution in [0.2, 0.25) is 0 Å². The Morgan fingerprint density at radius 2 is 1.46 bits per heavy atom. The van der Waals surface area contributed by atoms with E-state index in [-0.39, 0.29) is 24.4 Å². The molecule has 1 aromatic heterocycles. The normalized spacial score (nSPS) is 11.6. The number of nitrogens with one attached hydrogen (secondary N) is 1. The van der Waals surface area contributed by atoms with Gasteiger partial charge in [0.1, 0.15) is 29.7 Å². The van der Waals surface area contributed by atoms with Gasteiger partial charge in [0.25, 0.3) is 0 Å². The van der Waals surface area contributed by atoms with Crippen LogP contribution >= 0.6 is 0 Å². The molecule has 1 unspecified atom stereocenters. The van der Waals surface area contributed by atoms with Gasteiger partial charge in [-0.3, -0.25) is 0 Å². The summed E-state index contributed by atoms with van der Waals surface area (Å²) in [6, 6.07) is 27.4. The lowest BCUT2D eigenvalue weighted by molar-refractivity contribution is -0.136. The summed E-state index contributed by atoms with van der Waals surface area (Å²) in [7, 11) is 1.52. The molecule has 0 aliphatic rings. The maximum absolute atomic E-state index is 13.2. The quantitative estimate of drug-likeness (QED) is 0.126. The molecule has 1 N–H and O–H groups in total. The molecule has 8 nitrogen and oxygen atoms in total. The molecule has 0 fully saturated rings. The first-order valence-electron chi connectivity index (χ1n) is 12.3. The van der Waals surface area contributed by atoms with E-state index in [0.29, 0.717) is 21.9 Å². The van der Waals surface area contributed by atoms with Gasteiger partial charge in [-0.25, -0.2) is 14.4 Å². The molecule has 0 saturated carbocycles. The smallest absolute Gasteiger partial charge is 0.408 e. The molecule has 0 aliphatic heterocycles. The van der Waals surface area contributed by atoms with E-state index in [4.69, 9.17) is 18.6 Å². The van der Waals surface area contributed by atoms with Crippen molar-refractivity contribution >= 4 is 33.8 Å². The van der Waals surface area contributed by atoms with Crippen molar-refractivity contribution in [3.8, 4) is 11.5 Å². The Balaban J connectivity index is 1.36. The lowest BCUT2D eigenvalue weighted by Crippen LogP contribution is -2.44. The molecule has 5 aromatic rings. The van der Waals surface area contributed by atoms with Gasteiger partial charge < -0.3 is 23.9 Å². The summed E-state index contributed by atoms with van der Waals surface area (Å²) in [6.45, 7) is 0.0588. The highest BCUT2D eigenvalue weighted by Gasteiger charge is 2.25. The van der Waals surface area contributed by atoms with Gasteiger partial charge in [0.2, 0.25) is 0 Å². The summed E-state index contributed by atoms with van der Waals surface area (Å²) in [5, 5.41) is 4.36. The summed E-state index contributed by atoms with van der Waals surface area (Å²) in [6.07, 6.45) is -0.557. The zero-order chi connectivity index (χ0) is 27.2. The van der Waals surface area contributed by atoms with Gasteiger partial charge in [-0.15, -0.1) is 0 Å². The molecule has 0 spiro atoms. The number of hydrogen-bond donors (Lipinski definition) is 1. The first-order chi connectivity index (χ1) is 19.0. The molecule has 1 amide bonds. The number of esters is 1. The van der Waals surface area contributed by atoms with Crippen LogP contribution in [0, 0.1) is 0 Å². The number of methoxy groups -OCH3 is 1. The number of amides is 1. The third kappa shape index (κ3) is 6.07. The zero-order valence-corrected chi connectivity index (χ0v) is 21.1. The molecular weight excluding hydrogens is 498 g/mol. The lowest BCUT2D eigenvalue weighted by Gasteiger charge is -2.18. The van der Waals surface area contributed by atoms with Crippen molar-refractivity contribution in [2.45, 2.75) is 19.1 Å². The number of ether oxygens (including phenoxy) is 3. The van der Waals surface area contributed by atoms with Crippen LogP contribution in [0.25, 0.3) is 21.7 Å². The van der Waals surface area contributed by atoms with Crippen LogP contribution in [-0.2, 0) is 22.6 Å². The van der Waals surface area contributed by atoms with Crippen molar-refractivity contribution in [1.29, 1.82) is 0 Å². The van der Waals surface area contributed by atoms with Gasteiger partial charge in [0, 0.05) is 23.3 Å². The molecule has 0 bridgehead atoms. The number of carbonyl (C=O) groups is 2. The molecule has 8 heteroatoms. The summed E-state index contributed by atoms with van der Waals surface area (Å²) < 4.78 is 21.6. The average Bonchev–Trinajstić information content (AvgIpc) is 2.96. The largest absolute Gasteiger partial charge is 0.497 e. The van der Waals surface area contributed by atoms with Crippen molar-refractivity contribution in [3.63, 3.8) is 0 Å². The topological polar surface area (TPSA) is 104 Å². The number of carbonyl (C=O) groups excluding carboxylic acids is 2. The monoisotopic (exact) mass is 523 g/mol. The van der Waals surface area contributed by atoms with E-state index < -0.39 is 23.7 Å². The van der Waals surface area contributed by atoms with Gasteiger partial charge in [-0.2, -0.15) is 0 Å². The maximum atomic E-state index is 13.2.